The number of benzene rings is 2. The fourth-order valence-electron chi connectivity index (χ4n) is 2.03. The third-order valence-electron chi connectivity index (χ3n) is 3.22. The van der Waals surface area contributed by atoms with Crippen LogP contribution in [0.15, 0.2) is 58.3 Å². The first-order valence-corrected chi connectivity index (χ1v) is 9.52. The van der Waals surface area contributed by atoms with Crippen LogP contribution in [0.25, 0.3) is 0 Å². The minimum absolute atomic E-state index is 0.263. The molecule has 2 aromatic carbocycles. The van der Waals surface area contributed by atoms with Crippen molar-refractivity contribution in [2.24, 2.45) is 0 Å². The van der Waals surface area contributed by atoms with Gasteiger partial charge in [0.2, 0.25) is 0 Å². The van der Waals surface area contributed by atoms with E-state index in [1.807, 2.05) is 19.2 Å². The van der Waals surface area contributed by atoms with Gasteiger partial charge in [-0.3, -0.25) is 4.31 Å². The third-order valence-corrected chi connectivity index (χ3v) is 5.75. The Kier molecular flexibility index (Phi) is 5.37. The Balaban J connectivity index is 2.40. The summed E-state index contributed by atoms with van der Waals surface area (Å²) in [6.07, 6.45) is 1.95. The summed E-state index contributed by atoms with van der Waals surface area (Å²) in [5.74, 6) is 0.553. The van der Waals surface area contributed by atoms with Gasteiger partial charge < -0.3 is 4.74 Å². The van der Waals surface area contributed by atoms with E-state index >= 15 is 0 Å². The molecule has 2 rings (SSSR count). The molecule has 22 heavy (non-hydrogen) atoms. The standard InChI is InChI=1S/C16H19NO3S2/c1-4-20-16-8-6-5-7-15(16)17(2)22(18,19)14-11-9-13(21-3)10-12-14/h5-12H,4H2,1-3H3. The predicted molar refractivity (Wildman–Crippen MR) is 91.4 cm³/mol. The van der Waals surface area contributed by atoms with Crippen LogP contribution >= 0.6 is 11.8 Å². The van der Waals surface area contributed by atoms with E-state index in [0.29, 0.717) is 18.0 Å². The zero-order chi connectivity index (χ0) is 16.2. The summed E-state index contributed by atoms with van der Waals surface area (Å²) in [5, 5.41) is 0. The van der Waals surface area contributed by atoms with E-state index in [0.717, 1.165) is 4.90 Å². The number of thioether (sulfide) groups is 1. The summed E-state index contributed by atoms with van der Waals surface area (Å²) in [6.45, 7) is 2.35. The van der Waals surface area contributed by atoms with Gasteiger partial charge >= 0.3 is 0 Å². The topological polar surface area (TPSA) is 46.6 Å². The normalized spacial score (nSPS) is 11.2. The molecule has 0 aliphatic heterocycles. The van der Waals surface area contributed by atoms with Crippen molar-refractivity contribution in [3.8, 4) is 5.75 Å². The van der Waals surface area contributed by atoms with Crippen molar-refractivity contribution in [3.63, 3.8) is 0 Å². The molecule has 0 fully saturated rings. The van der Waals surface area contributed by atoms with Gasteiger partial charge in [-0.2, -0.15) is 0 Å². The van der Waals surface area contributed by atoms with Gasteiger partial charge in [-0.1, -0.05) is 12.1 Å². The Hall–Kier alpha value is -1.66. The highest BCUT2D eigenvalue weighted by atomic mass is 32.2. The predicted octanol–water partition coefficient (Wildman–Crippen LogP) is 3.63. The molecule has 4 nitrogen and oxygen atoms in total. The average Bonchev–Trinajstić information content (AvgIpc) is 2.55. The maximum Gasteiger partial charge on any atom is 0.264 e. The molecule has 0 atom stereocenters. The summed E-state index contributed by atoms with van der Waals surface area (Å²) in [4.78, 5) is 1.29. The molecule has 0 unspecified atom stereocenters. The first kappa shape index (κ1) is 16.7. The van der Waals surface area contributed by atoms with Crippen molar-refractivity contribution in [1.82, 2.24) is 0 Å². The van der Waals surface area contributed by atoms with Crippen LogP contribution in [-0.4, -0.2) is 28.3 Å². The summed E-state index contributed by atoms with van der Waals surface area (Å²) in [7, 11) is -2.08. The lowest BCUT2D eigenvalue weighted by Gasteiger charge is -2.22. The summed E-state index contributed by atoms with van der Waals surface area (Å²) >= 11 is 1.57. The number of anilines is 1. The second-order valence-corrected chi connectivity index (χ2v) is 7.40. The van der Waals surface area contributed by atoms with Gasteiger partial charge in [-0.05, 0) is 49.6 Å². The SMILES string of the molecule is CCOc1ccccc1N(C)S(=O)(=O)c1ccc(SC)cc1. The molecule has 6 heteroatoms. The molecular weight excluding hydrogens is 318 g/mol. The first-order valence-electron chi connectivity index (χ1n) is 6.85. The Morgan fingerprint density at radius 2 is 1.73 bits per heavy atom. The van der Waals surface area contributed by atoms with Crippen molar-refractivity contribution in [1.29, 1.82) is 0 Å². The maximum atomic E-state index is 12.8. The van der Waals surface area contributed by atoms with Crippen molar-refractivity contribution >= 4 is 27.5 Å². The molecule has 0 spiro atoms. The molecule has 0 aliphatic carbocycles. The van der Waals surface area contributed by atoms with Crippen molar-refractivity contribution in [2.45, 2.75) is 16.7 Å². The number of hydrogen-bond acceptors (Lipinski definition) is 4. The minimum atomic E-state index is -3.61. The van der Waals surface area contributed by atoms with Gasteiger partial charge in [-0.15, -0.1) is 11.8 Å². The molecular formula is C16H19NO3S2. The van der Waals surface area contributed by atoms with Crippen LogP contribution < -0.4 is 9.04 Å². The molecule has 118 valence electrons. The summed E-state index contributed by atoms with van der Waals surface area (Å²) in [6, 6.07) is 14.0. The summed E-state index contributed by atoms with van der Waals surface area (Å²) in [5.41, 5.74) is 0.526. The Morgan fingerprint density at radius 1 is 1.09 bits per heavy atom. The third kappa shape index (κ3) is 3.39. The molecule has 0 heterocycles. The van der Waals surface area contributed by atoms with E-state index in [-0.39, 0.29) is 4.90 Å². The van der Waals surface area contributed by atoms with Gasteiger partial charge in [0.25, 0.3) is 10.0 Å². The highest BCUT2D eigenvalue weighted by Crippen LogP contribution is 2.31. The van der Waals surface area contributed by atoms with Gasteiger partial charge in [0.15, 0.2) is 0 Å². The number of ether oxygens (including phenoxy) is 1. The van der Waals surface area contributed by atoms with Crippen LogP contribution in [0.5, 0.6) is 5.75 Å². The summed E-state index contributed by atoms with van der Waals surface area (Å²) < 4.78 is 32.3. The fourth-order valence-corrected chi connectivity index (χ4v) is 3.64. The lowest BCUT2D eigenvalue weighted by Crippen LogP contribution is -2.27. The van der Waals surface area contributed by atoms with Crippen LogP contribution in [0.4, 0.5) is 5.69 Å². The molecule has 0 saturated carbocycles. The molecule has 2 aromatic rings. The molecule has 0 aliphatic rings. The maximum absolute atomic E-state index is 12.8. The largest absolute Gasteiger partial charge is 0.492 e. The molecule has 0 radical (unpaired) electrons. The monoisotopic (exact) mass is 337 g/mol. The van der Waals surface area contributed by atoms with E-state index in [9.17, 15) is 8.42 Å². The molecule has 0 N–H and O–H groups in total. The van der Waals surface area contributed by atoms with E-state index in [1.54, 1.807) is 54.2 Å². The van der Waals surface area contributed by atoms with Gasteiger partial charge in [-0.25, -0.2) is 8.42 Å². The Bertz CT molecular complexity index is 727. The average molecular weight is 337 g/mol. The first-order chi connectivity index (χ1) is 10.5. The number of rotatable bonds is 6. The van der Waals surface area contributed by atoms with Crippen molar-refractivity contribution < 1.29 is 13.2 Å². The molecule has 0 aromatic heterocycles. The number of sulfonamides is 1. The minimum Gasteiger partial charge on any atom is -0.492 e. The van der Waals surface area contributed by atoms with Crippen LogP contribution in [0.2, 0.25) is 0 Å². The molecule has 0 bridgehead atoms. The van der Waals surface area contributed by atoms with Crippen LogP contribution in [0, 0.1) is 0 Å². The fraction of sp³-hybridized carbons (Fsp3) is 0.250. The van der Waals surface area contributed by atoms with Crippen LogP contribution in [0.3, 0.4) is 0 Å². The lowest BCUT2D eigenvalue weighted by molar-refractivity contribution is 0.341. The van der Waals surface area contributed by atoms with Crippen molar-refractivity contribution in [3.05, 3.63) is 48.5 Å². The van der Waals surface area contributed by atoms with E-state index in [1.165, 1.54) is 11.4 Å². The van der Waals surface area contributed by atoms with Crippen LogP contribution in [-0.2, 0) is 10.0 Å². The Labute approximate surface area is 136 Å². The van der Waals surface area contributed by atoms with E-state index in [2.05, 4.69) is 0 Å². The smallest absolute Gasteiger partial charge is 0.264 e. The number of nitrogens with zero attached hydrogens (tertiary/aromatic N) is 1. The quantitative estimate of drug-likeness (QED) is 0.755. The highest BCUT2D eigenvalue weighted by molar-refractivity contribution is 7.98. The van der Waals surface area contributed by atoms with Gasteiger partial charge in [0.05, 0.1) is 17.2 Å². The highest BCUT2D eigenvalue weighted by Gasteiger charge is 2.23. The van der Waals surface area contributed by atoms with Crippen LogP contribution in [0.1, 0.15) is 6.92 Å². The van der Waals surface area contributed by atoms with Crippen molar-refractivity contribution in [2.75, 3.05) is 24.2 Å². The van der Waals surface area contributed by atoms with E-state index in [4.69, 9.17) is 4.74 Å². The zero-order valence-electron chi connectivity index (χ0n) is 12.8. The molecule has 0 amide bonds. The molecule has 0 saturated heterocycles. The van der Waals surface area contributed by atoms with E-state index < -0.39 is 10.0 Å². The number of para-hydroxylation sites is 2. The van der Waals surface area contributed by atoms with Gasteiger partial charge in [0, 0.05) is 11.9 Å². The number of hydrogen-bond donors (Lipinski definition) is 0. The second-order valence-electron chi connectivity index (χ2n) is 4.55. The zero-order valence-corrected chi connectivity index (χ0v) is 14.4. The lowest BCUT2D eigenvalue weighted by atomic mass is 10.3. The van der Waals surface area contributed by atoms with Gasteiger partial charge in [0.1, 0.15) is 5.75 Å². The second kappa shape index (κ2) is 7.07. The Morgan fingerprint density at radius 3 is 2.32 bits per heavy atom.